The summed E-state index contributed by atoms with van der Waals surface area (Å²) >= 11 is 0. The number of aryl methyl sites for hydroxylation is 2. The molecule has 0 aliphatic carbocycles. The van der Waals surface area contributed by atoms with Gasteiger partial charge in [0.15, 0.2) is 11.2 Å². The van der Waals surface area contributed by atoms with Gasteiger partial charge in [0.1, 0.15) is 5.69 Å². The molecule has 3 aromatic heterocycles. The highest BCUT2D eigenvalue weighted by atomic mass is 16.4. The standard InChI is InChI=1S/C17H16N6O3/c1-21-11-18-15-14(21)16(24)23(17(25)22(15)2)9-4-3-6-12-7-5-8-13(20-12)10-19-26/h5,7-8,10-11,26H,4,9H2,1-2H3/b19-10-. The quantitative estimate of drug-likeness (QED) is 0.311. The van der Waals surface area contributed by atoms with E-state index in [9.17, 15) is 9.59 Å². The number of aromatic nitrogens is 5. The molecule has 26 heavy (non-hydrogen) atoms. The fraction of sp³-hybridized carbons (Fsp3) is 0.235. The van der Waals surface area contributed by atoms with Gasteiger partial charge in [-0.25, -0.2) is 14.8 Å². The molecule has 0 saturated carbocycles. The van der Waals surface area contributed by atoms with E-state index < -0.39 is 5.69 Å². The average Bonchev–Trinajstić information content (AvgIpc) is 3.02. The van der Waals surface area contributed by atoms with Crippen molar-refractivity contribution in [3.63, 3.8) is 0 Å². The number of rotatable bonds is 3. The molecule has 3 rings (SSSR count). The van der Waals surface area contributed by atoms with Gasteiger partial charge in [0.25, 0.3) is 5.56 Å². The van der Waals surface area contributed by atoms with Gasteiger partial charge in [-0.2, -0.15) is 0 Å². The Bertz CT molecular complexity index is 1170. The molecule has 0 saturated heterocycles. The van der Waals surface area contributed by atoms with Gasteiger partial charge in [0.05, 0.1) is 18.2 Å². The Kier molecular flexibility index (Phi) is 4.66. The third-order valence-corrected chi connectivity index (χ3v) is 3.84. The van der Waals surface area contributed by atoms with Crippen molar-refractivity contribution >= 4 is 17.4 Å². The van der Waals surface area contributed by atoms with Crippen LogP contribution in [0.5, 0.6) is 0 Å². The van der Waals surface area contributed by atoms with Crippen LogP contribution in [-0.2, 0) is 20.6 Å². The van der Waals surface area contributed by atoms with E-state index in [0.29, 0.717) is 29.0 Å². The van der Waals surface area contributed by atoms with Crippen LogP contribution in [0.3, 0.4) is 0 Å². The number of hydrogen-bond donors (Lipinski definition) is 1. The summed E-state index contributed by atoms with van der Waals surface area (Å²) in [4.78, 5) is 33.2. The van der Waals surface area contributed by atoms with Crippen molar-refractivity contribution in [3.05, 3.63) is 56.8 Å². The van der Waals surface area contributed by atoms with Crippen LogP contribution in [0.15, 0.2) is 39.3 Å². The van der Waals surface area contributed by atoms with Crippen LogP contribution in [0.4, 0.5) is 0 Å². The topological polar surface area (TPSA) is 107 Å². The monoisotopic (exact) mass is 352 g/mol. The maximum absolute atomic E-state index is 12.6. The molecule has 9 nitrogen and oxygen atoms in total. The Morgan fingerprint density at radius 2 is 2.12 bits per heavy atom. The molecular weight excluding hydrogens is 336 g/mol. The van der Waals surface area contributed by atoms with Crippen molar-refractivity contribution in [2.24, 2.45) is 19.3 Å². The Hall–Kier alpha value is -3.67. The molecule has 0 amide bonds. The van der Waals surface area contributed by atoms with Crippen LogP contribution in [-0.4, -0.2) is 35.1 Å². The van der Waals surface area contributed by atoms with Crippen LogP contribution in [0.1, 0.15) is 17.8 Å². The Morgan fingerprint density at radius 1 is 1.31 bits per heavy atom. The van der Waals surface area contributed by atoms with E-state index in [1.54, 1.807) is 36.9 Å². The van der Waals surface area contributed by atoms with Crippen molar-refractivity contribution in [3.8, 4) is 11.8 Å². The Labute approximate surface area is 147 Å². The molecule has 9 heteroatoms. The van der Waals surface area contributed by atoms with Gasteiger partial charge in [-0.3, -0.25) is 13.9 Å². The van der Waals surface area contributed by atoms with Crippen molar-refractivity contribution in [2.45, 2.75) is 13.0 Å². The van der Waals surface area contributed by atoms with Crippen LogP contribution in [0.25, 0.3) is 11.2 Å². The SMILES string of the molecule is Cn1cnc2c1c(=O)n(CCC#Cc1cccc(/C=N\O)n1)c(=O)n2C. The average molecular weight is 352 g/mol. The second kappa shape index (κ2) is 7.06. The molecule has 0 atom stereocenters. The molecular formula is C17H16N6O3. The highest BCUT2D eigenvalue weighted by molar-refractivity contribution is 5.76. The van der Waals surface area contributed by atoms with E-state index in [2.05, 4.69) is 27.0 Å². The second-order valence-corrected chi connectivity index (χ2v) is 5.57. The van der Waals surface area contributed by atoms with E-state index >= 15 is 0 Å². The fourth-order valence-electron chi connectivity index (χ4n) is 2.57. The number of nitrogens with zero attached hydrogens (tertiary/aromatic N) is 6. The van der Waals surface area contributed by atoms with Crippen molar-refractivity contribution in [1.29, 1.82) is 0 Å². The fourth-order valence-corrected chi connectivity index (χ4v) is 2.57. The minimum Gasteiger partial charge on any atom is -0.411 e. The normalized spacial score (nSPS) is 11.0. The summed E-state index contributed by atoms with van der Waals surface area (Å²) in [6, 6.07) is 5.14. The number of pyridine rings is 1. The molecule has 3 heterocycles. The summed E-state index contributed by atoms with van der Waals surface area (Å²) in [6.07, 6.45) is 3.01. The van der Waals surface area contributed by atoms with Crippen LogP contribution >= 0.6 is 0 Å². The first-order valence-corrected chi connectivity index (χ1v) is 7.77. The molecule has 0 radical (unpaired) electrons. The zero-order valence-corrected chi connectivity index (χ0v) is 14.2. The van der Waals surface area contributed by atoms with Crippen molar-refractivity contribution in [1.82, 2.24) is 23.7 Å². The molecule has 3 aromatic rings. The summed E-state index contributed by atoms with van der Waals surface area (Å²) in [5.74, 6) is 5.76. The van der Waals surface area contributed by atoms with Gasteiger partial charge < -0.3 is 9.77 Å². The lowest BCUT2D eigenvalue weighted by molar-refractivity contribution is 0.321. The van der Waals surface area contributed by atoms with E-state index in [1.807, 2.05) is 0 Å². The molecule has 0 aliphatic rings. The Morgan fingerprint density at radius 3 is 2.88 bits per heavy atom. The predicted octanol–water partition coefficient (Wildman–Crippen LogP) is 0.0786. The Balaban J connectivity index is 1.86. The van der Waals surface area contributed by atoms with E-state index in [-0.39, 0.29) is 12.1 Å². The molecule has 1 N–H and O–H groups in total. The molecule has 0 bridgehead atoms. The first-order valence-electron chi connectivity index (χ1n) is 7.77. The van der Waals surface area contributed by atoms with Crippen LogP contribution < -0.4 is 11.2 Å². The lowest BCUT2D eigenvalue weighted by Crippen LogP contribution is -2.39. The highest BCUT2D eigenvalue weighted by Crippen LogP contribution is 2.03. The van der Waals surface area contributed by atoms with Gasteiger partial charge in [-0.1, -0.05) is 17.1 Å². The van der Waals surface area contributed by atoms with E-state index in [4.69, 9.17) is 5.21 Å². The van der Waals surface area contributed by atoms with Gasteiger partial charge in [-0.05, 0) is 18.1 Å². The zero-order chi connectivity index (χ0) is 18.7. The molecule has 0 unspecified atom stereocenters. The number of imidazole rings is 1. The maximum Gasteiger partial charge on any atom is 0.332 e. The summed E-state index contributed by atoms with van der Waals surface area (Å²) < 4.78 is 4.10. The third kappa shape index (κ3) is 3.12. The van der Waals surface area contributed by atoms with Gasteiger partial charge in [0.2, 0.25) is 0 Å². The van der Waals surface area contributed by atoms with Gasteiger partial charge in [-0.15, -0.1) is 0 Å². The molecule has 0 aliphatic heterocycles. The van der Waals surface area contributed by atoms with E-state index in [0.717, 1.165) is 4.57 Å². The third-order valence-electron chi connectivity index (χ3n) is 3.84. The molecule has 0 spiro atoms. The number of oxime groups is 1. The lowest BCUT2D eigenvalue weighted by Gasteiger charge is -2.06. The van der Waals surface area contributed by atoms with Crippen molar-refractivity contribution < 1.29 is 5.21 Å². The first-order chi connectivity index (χ1) is 12.5. The highest BCUT2D eigenvalue weighted by Gasteiger charge is 2.14. The summed E-state index contributed by atoms with van der Waals surface area (Å²) in [6.45, 7) is 0.164. The maximum atomic E-state index is 12.6. The van der Waals surface area contributed by atoms with Crippen LogP contribution in [0.2, 0.25) is 0 Å². The smallest absolute Gasteiger partial charge is 0.332 e. The first kappa shape index (κ1) is 17.2. The van der Waals surface area contributed by atoms with Crippen molar-refractivity contribution in [2.75, 3.05) is 0 Å². The van der Waals surface area contributed by atoms with E-state index in [1.165, 1.54) is 17.1 Å². The predicted molar refractivity (Wildman–Crippen MR) is 95.3 cm³/mol. The van der Waals surface area contributed by atoms with Crippen LogP contribution in [0, 0.1) is 11.8 Å². The second-order valence-electron chi connectivity index (χ2n) is 5.57. The molecule has 0 aromatic carbocycles. The number of hydrogen-bond acceptors (Lipinski definition) is 6. The summed E-state index contributed by atoms with van der Waals surface area (Å²) in [7, 11) is 3.29. The van der Waals surface area contributed by atoms with Gasteiger partial charge in [0, 0.05) is 27.1 Å². The molecule has 132 valence electrons. The largest absolute Gasteiger partial charge is 0.411 e. The summed E-state index contributed by atoms with van der Waals surface area (Å²) in [5, 5.41) is 11.4. The minimum absolute atomic E-state index is 0.164. The molecule has 0 fully saturated rings. The lowest BCUT2D eigenvalue weighted by atomic mass is 10.3. The number of fused-ring (bicyclic) bond motifs is 1. The minimum atomic E-state index is -0.428. The van der Waals surface area contributed by atoms with Gasteiger partial charge >= 0.3 is 5.69 Å². The zero-order valence-electron chi connectivity index (χ0n) is 14.2. The summed E-state index contributed by atoms with van der Waals surface area (Å²) in [5.41, 5.74) is 0.899.